The molecule has 1 aromatic heterocycles. The predicted molar refractivity (Wildman–Crippen MR) is 122 cm³/mol. The fourth-order valence-corrected chi connectivity index (χ4v) is 5.68. The Morgan fingerprint density at radius 1 is 1.23 bits per heavy atom. The molecule has 0 aliphatic carbocycles. The molecule has 5 rings (SSSR count). The van der Waals surface area contributed by atoms with Crippen molar-refractivity contribution in [3.8, 4) is 23.1 Å². The molecule has 2 aliphatic rings. The molecular weight excluding hydrogens is 390 g/mol. The third kappa shape index (κ3) is 3.66. The summed E-state index contributed by atoms with van der Waals surface area (Å²) < 4.78 is 6.05. The Kier molecular flexibility index (Phi) is 5.37. The van der Waals surface area contributed by atoms with E-state index in [1.165, 1.54) is 40.2 Å². The highest BCUT2D eigenvalue weighted by Gasteiger charge is 2.22. The number of nitriles is 1. The lowest BCUT2D eigenvalue weighted by Crippen LogP contribution is -2.30. The van der Waals surface area contributed by atoms with Gasteiger partial charge in [0.15, 0.2) is 0 Å². The maximum atomic E-state index is 9.60. The third-order valence-corrected chi connectivity index (χ3v) is 7.50. The Bertz CT molecular complexity index is 1140. The van der Waals surface area contributed by atoms with Crippen molar-refractivity contribution < 1.29 is 4.74 Å². The summed E-state index contributed by atoms with van der Waals surface area (Å²) in [6, 6.07) is 17.5. The van der Waals surface area contributed by atoms with Crippen molar-refractivity contribution in [2.75, 3.05) is 26.0 Å². The van der Waals surface area contributed by atoms with Crippen molar-refractivity contribution in [3.05, 3.63) is 53.6 Å². The van der Waals surface area contributed by atoms with Crippen LogP contribution in [0.15, 0.2) is 47.4 Å². The molecule has 0 saturated carbocycles. The van der Waals surface area contributed by atoms with Crippen LogP contribution in [0.2, 0.25) is 0 Å². The Hall–Kier alpha value is -2.55. The van der Waals surface area contributed by atoms with E-state index in [0.717, 1.165) is 30.3 Å². The molecule has 0 unspecified atom stereocenters. The molecule has 0 radical (unpaired) electrons. The lowest BCUT2D eigenvalue weighted by Gasteiger charge is -2.20. The smallest absolute Gasteiger partial charge is 0.232 e. The summed E-state index contributed by atoms with van der Waals surface area (Å²) in [4.78, 5) is 8.48. The van der Waals surface area contributed by atoms with Crippen LogP contribution in [0.1, 0.15) is 30.4 Å². The van der Waals surface area contributed by atoms with E-state index in [9.17, 15) is 5.26 Å². The number of aromatic nitrogens is 1. The molecule has 30 heavy (non-hydrogen) atoms. The Balaban J connectivity index is 1.50. The van der Waals surface area contributed by atoms with Gasteiger partial charge in [0.05, 0.1) is 5.52 Å². The quantitative estimate of drug-likeness (QED) is 0.580. The number of likely N-dealkylation sites (N-methyl/N-ethyl adjacent to an activating group) is 1. The molecule has 5 heteroatoms. The molecule has 0 amide bonds. The molecule has 1 saturated heterocycles. The van der Waals surface area contributed by atoms with Crippen LogP contribution in [0.3, 0.4) is 0 Å². The Morgan fingerprint density at radius 3 is 3.00 bits per heavy atom. The van der Waals surface area contributed by atoms with Gasteiger partial charge in [-0.3, -0.25) is 0 Å². The fourth-order valence-electron chi connectivity index (χ4n) is 4.49. The van der Waals surface area contributed by atoms with Crippen LogP contribution in [0.4, 0.5) is 0 Å². The number of thioether (sulfide) groups is 1. The normalized spacial score (nSPS) is 18.9. The van der Waals surface area contributed by atoms with Crippen molar-refractivity contribution in [2.24, 2.45) is 0 Å². The topological polar surface area (TPSA) is 49.1 Å². The Morgan fingerprint density at radius 2 is 2.17 bits per heavy atom. The number of benzene rings is 2. The monoisotopic (exact) mass is 415 g/mol. The van der Waals surface area contributed by atoms with Gasteiger partial charge in [-0.05, 0) is 73.9 Å². The van der Waals surface area contributed by atoms with Gasteiger partial charge in [-0.15, -0.1) is 11.8 Å². The van der Waals surface area contributed by atoms with E-state index in [1.54, 1.807) is 0 Å². The largest absolute Gasteiger partial charge is 0.475 e. The van der Waals surface area contributed by atoms with Gasteiger partial charge in [0, 0.05) is 16.3 Å². The molecular formula is C25H25N3OS. The highest BCUT2D eigenvalue weighted by Crippen LogP contribution is 2.39. The molecule has 3 heterocycles. The number of hydrogen-bond acceptors (Lipinski definition) is 5. The number of rotatable bonds is 4. The highest BCUT2D eigenvalue weighted by molar-refractivity contribution is 7.99. The maximum Gasteiger partial charge on any atom is 0.232 e. The van der Waals surface area contributed by atoms with E-state index in [-0.39, 0.29) is 0 Å². The zero-order valence-electron chi connectivity index (χ0n) is 17.2. The summed E-state index contributed by atoms with van der Waals surface area (Å²) in [5.74, 6) is 1.63. The van der Waals surface area contributed by atoms with E-state index < -0.39 is 0 Å². The number of pyridine rings is 1. The van der Waals surface area contributed by atoms with Crippen molar-refractivity contribution in [3.63, 3.8) is 0 Å². The maximum absolute atomic E-state index is 9.60. The van der Waals surface area contributed by atoms with Crippen LogP contribution >= 0.6 is 11.8 Å². The molecule has 1 fully saturated rings. The summed E-state index contributed by atoms with van der Waals surface area (Å²) >= 11 is 1.95. The zero-order chi connectivity index (χ0) is 20.5. The second kappa shape index (κ2) is 8.29. The molecule has 0 bridgehead atoms. The highest BCUT2D eigenvalue weighted by atomic mass is 32.2. The summed E-state index contributed by atoms with van der Waals surface area (Å²) in [5, 5.41) is 10.6. The number of nitrogens with zero attached hydrogens (tertiary/aromatic N) is 3. The van der Waals surface area contributed by atoms with Crippen molar-refractivity contribution in [1.82, 2.24) is 9.88 Å². The van der Waals surface area contributed by atoms with Crippen LogP contribution in [-0.4, -0.2) is 41.9 Å². The molecule has 0 N–H and O–H groups in total. The van der Waals surface area contributed by atoms with Gasteiger partial charge in [-0.1, -0.05) is 30.3 Å². The van der Waals surface area contributed by atoms with Crippen LogP contribution < -0.4 is 4.74 Å². The second-order valence-electron chi connectivity index (χ2n) is 8.19. The lowest BCUT2D eigenvalue weighted by molar-refractivity contribution is 0.193. The molecule has 1 atom stereocenters. The third-order valence-electron chi connectivity index (χ3n) is 6.23. The minimum Gasteiger partial charge on any atom is -0.475 e. The van der Waals surface area contributed by atoms with E-state index in [2.05, 4.69) is 54.4 Å². The van der Waals surface area contributed by atoms with Crippen molar-refractivity contribution in [1.29, 1.82) is 5.26 Å². The van der Waals surface area contributed by atoms with Crippen LogP contribution in [0.25, 0.3) is 22.0 Å². The SMILES string of the molecule is CN1CCC[C@H]1COc1nc2cc(-c3cccc4c3SCCC4)ccc2cc1C#N. The summed E-state index contributed by atoms with van der Waals surface area (Å²) in [5.41, 5.74) is 5.28. The molecule has 2 aromatic carbocycles. The first kappa shape index (κ1) is 19.4. The van der Waals surface area contributed by atoms with Gasteiger partial charge < -0.3 is 9.64 Å². The van der Waals surface area contributed by atoms with Gasteiger partial charge in [0.25, 0.3) is 0 Å². The van der Waals surface area contributed by atoms with E-state index in [0.29, 0.717) is 24.1 Å². The number of hydrogen-bond donors (Lipinski definition) is 0. The van der Waals surface area contributed by atoms with E-state index >= 15 is 0 Å². The van der Waals surface area contributed by atoms with Crippen molar-refractivity contribution in [2.45, 2.75) is 36.6 Å². The van der Waals surface area contributed by atoms with Gasteiger partial charge in [-0.25, -0.2) is 4.98 Å². The summed E-state index contributed by atoms with van der Waals surface area (Å²) in [7, 11) is 2.13. The molecule has 4 nitrogen and oxygen atoms in total. The lowest BCUT2D eigenvalue weighted by atomic mass is 9.99. The average Bonchev–Trinajstić information content (AvgIpc) is 3.20. The Labute approximate surface area is 181 Å². The molecule has 152 valence electrons. The fraction of sp³-hybridized carbons (Fsp3) is 0.360. The number of fused-ring (bicyclic) bond motifs is 2. The molecule has 2 aliphatic heterocycles. The molecule has 0 spiro atoms. The van der Waals surface area contributed by atoms with Crippen LogP contribution in [0, 0.1) is 11.3 Å². The second-order valence-corrected chi connectivity index (χ2v) is 9.30. The summed E-state index contributed by atoms with van der Waals surface area (Å²) in [6.07, 6.45) is 4.73. The molecule has 3 aromatic rings. The van der Waals surface area contributed by atoms with Gasteiger partial charge in [-0.2, -0.15) is 5.26 Å². The van der Waals surface area contributed by atoms with E-state index in [1.807, 2.05) is 17.8 Å². The van der Waals surface area contributed by atoms with E-state index in [4.69, 9.17) is 9.72 Å². The minimum atomic E-state index is 0.397. The minimum absolute atomic E-state index is 0.397. The standard InChI is InChI=1S/C25H25N3OS/c1-28-11-3-7-21(28)16-29-25-20(15-26)13-19-10-9-18(14-23(19)27-25)22-8-2-5-17-6-4-12-30-24(17)22/h2,5,8-10,13-14,21H,3-4,6-7,11-12,16H2,1H3/t21-/m0/s1. The number of ether oxygens (including phenoxy) is 1. The van der Waals surface area contributed by atoms with Crippen LogP contribution in [0.5, 0.6) is 5.88 Å². The van der Waals surface area contributed by atoms with Crippen molar-refractivity contribution >= 4 is 22.7 Å². The van der Waals surface area contributed by atoms with Gasteiger partial charge in [0.1, 0.15) is 18.2 Å². The van der Waals surface area contributed by atoms with Gasteiger partial charge >= 0.3 is 0 Å². The zero-order valence-corrected chi connectivity index (χ0v) is 18.0. The number of aryl methyl sites for hydroxylation is 1. The average molecular weight is 416 g/mol. The predicted octanol–water partition coefficient (Wildman–Crippen LogP) is 5.28. The first-order valence-corrected chi connectivity index (χ1v) is 11.6. The van der Waals surface area contributed by atoms with Gasteiger partial charge in [0.2, 0.25) is 5.88 Å². The number of likely N-dealkylation sites (tertiary alicyclic amines) is 1. The summed E-state index contributed by atoms with van der Waals surface area (Å²) in [6.45, 7) is 1.68. The first-order valence-electron chi connectivity index (χ1n) is 10.7. The van der Waals surface area contributed by atoms with Crippen LogP contribution in [-0.2, 0) is 6.42 Å². The first-order chi connectivity index (χ1) is 14.7.